The Balaban J connectivity index is 2.57. The second-order valence-electron chi connectivity index (χ2n) is 7.38. The van der Waals surface area contributed by atoms with E-state index in [1.165, 1.54) is 4.74 Å². The Kier molecular flexibility index (Phi) is 8.45. The van der Waals surface area contributed by atoms with Crippen molar-refractivity contribution in [2.75, 3.05) is 5.32 Å². The molecule has 1 aromatic carbocycles. The van der Waals surface area contributed by atoms with E-state index in [9.17, 15) is 89.5 Å². The standard InChI is InChI=1S/C16H4F17N3O5S/c17-9(12(21,22)23,7(37)35-8-34-5-2-1-4(36(38)39)3-6(5)42-8)40-16(32,33)11(20,14(27,28)29)41-15(30,31)10(18,19)13(24,25)26/h1-3H,(H,34,35,37). The lowest BCUT2D eigenvalue weighted by Crippen LogP contribution is -2.68. The molecule has 238 valence electrons. The van der Waals surface area contributed by atoms with Crippen LogP contribution >= 0.6 is 11.3 Å². The average molecular weight is 673 g/mol. The van der Waals surface area contributed by atoms with Gasteiger partial charge in [-0.1, -0.05) is 11.3 Å². The third-order valence-electron chi connectivity index (χ3n) is 4.46. The van der Waals surface area contributed by atoms with Crippen LogP contribution < -0.4 is 5.32 Å². The van der Waals surface area contributed by atoms with Gasteiger partial charge in [0.25, 0.3) is 5.69 Å². The minimum Gasteiger partial charge on any atom is -0.297 e. The van der Waals surface area contributed by atoms with Crippen LogP contribution in [0.2, 0.25) is 0 Å². The van der Waals surface area contributed by atoms with Gasteiger partial charge in [0.05, 0.1) is 15.1 Å². The predicted molar refractivity (Wildman–Crippen MR) is 97.8 cm³/mol. The fourth-order valence-corrected chi connectivity index (χ4v) is 3.32. The molecule has 1 amide bonds. The minimum atomic E-state index is -8.14. The number of rotatable bonds is 9. The smallest absolute Gasteiger partial charge is 0.297 e. The Hall–Kier alpha value is -3.29. The highest BCUT2D eigenvalue weighted by Crippen LogP contribution is 2.56. The van der Waals surface area contributed by atoms with Crippen LogP contribution in [0.4, 0.5) is 85.5 Å². The highest BCUT2D eigenvalue weighted by molar-refractivity contribution is 7.22. The van der Waals surface area contributed by atoms with Crippen molar-refractivity contribution < 1.29 is 93.8 Å². The molecule has 2 aromatic rings. The van der Waals surface area contributed by atoms with Gasteiger partial charge in [0.2, 0.25) is 0 Å². The van der Waals surface area contributed by atoms with Gasteiger partial charge < -0.3 is 0 Å². The number of non-ortho nitro benzene ring substituents is 1. The van der Waals surface area contributed by atoms with E-state index in [0.29, 0.717) is 11.4 Å². The van der Waals surface area contributed by atoms with Crippen molar-refractivity contribution in [3.63, 3.8) is 0 Å². The van der Waals surface area contributed by atoms with Gasteiger partial charge in [-0.05, 0) is 6.07 Å². The highest BCUT2D eigenvalue weighted by Gasteiger charge is 2.85. The number of nitrogens with zero attached hydrogens (tertiary/aromatic N) is 2. The molecule has 26 heteroatoms. The van der Waals surface area contributed by atoms with Crippen molar-refractivity contribution in [1.82, 2.24) is 4.98 Å². The zero-order valence-electron chi connectivity index (χ0n) is 18.5. The van der Waals surface area contributed by atoms with Crippen LogP contribution in [0.25, 0.3) is 10.2 Å². The maximum Gasteiger partial charge on any atom is 0.462 e. The molecule has 0 bridgehead atoms. The Bertz CT molecular complexity index is 1360. The number of aromatic nitrogens is 1. The van der Waals surface area contributed by atoms with E-state index in [-0.39, 0.29) is 16.0 Å². The summed E-state index contributed by atoms with van der Waals surface area (Å²) in [5.74, 6) is -26.7. The molecule has 1 heterocycles. The normalized spacial score (nSPS) is 17.1. The van der Waals surface area contributed by atoms with E-state index in [2.05, 4.69) is 4.98 Å². The SMILES string of the molecule is O=C(Nc1nc2ccc([N+](=O)[O-])cc2s1)C(F)(OC(F)(F)C(F)(OC(F)(F)C(F)(F)C(F)(F)F)C(F)(F)F)C(F)(F)F. The fraction of sp³-hybridized carbons (Fsp3) is 0.500. The minimum absolute atomic E-state index is 0.0678. The molecule has 0 fully saturated rings. The molecule has 0 saturated heterocycles. The first-order chi connectivity index (χ1) is 18.4. The second-order valence-corrected chi connectivity index (χ2v) is 8.41. The predicted octanol–water partition coefficient (Wildman–Crippen LogP) is 7.02. The Labute approximate surface area is 220 Å². The van der Waals surface area contributed by atoms with E-state index < -0.39 is 75.5 Å². The molecule has 0 aliphatic rings. The molecule has 1 N–H and O–H groups in total. The van der Waals surface area contributed by atoms with Gasteiger partial charge >= 0.3 is 54.3 Å². The summed E-state index contributed by atoms with van der Waals surface area (Å²) in [6, 6.07) is 2.14. The lowest BCUT2D eigenvalue weighted by Gasteiger charge is -2.40. The zero-order valence-corrected chi connectivity index (χ0v) is 19.3. The molecule has 0 spiro atoms. The third-order valence-corrected chi connectivity index (χ3v) is 5.39. The molecular weight excluding hydrogens is 669 g/mol. The average Bonchev–Trinajstić information content (AvgIpc) is 3.17. The highest BCUT2D eigenvalue weighted by atomic mass is 32.1. The van der Waals surface area contributed by atoms with Crippen molar-refractivity contribution in [2.45, 2.75) is 48.4 Å². The maximum absolute atomic E-state index is 14.6. The summed E-state index contributed by atoms with van der Waals surface area (Å²) in [6.45, 7) is 0. The van der Waals surface area contributed by atoms with Gasteiger partial charge in [0, 0.05) is 12.1 Å². The van der Waals surface area contributed by atoms with E-state index in [1.54, 1.807) is 0 Å². The lowest BCUT2D eigenvalue weighted by molar-refractivity contribution is -0.548. The molecule has 0 aliphatic heterocycles. The number of nitrogens with one attached hydrogen (secondary N) is 1. The van der Waals surface area contributed by atoms with Crippen LogP contribution in [0.3, 0.4) is 0 Å². The first-order valence-electron chi connectivity index (χ1n) is 9.42. The first kappa shape index (κ1) is 34.9. The number of halogens is 17. The molecule has 0 aliphatic carbocycles. The molecule has 1 aromatic heterocycles. The summed E-state index contributed by atoms with van der Waals surface area (Å²) in [5.41, 5.74) is -1.13. The Morgan fingerprint density at radius 2 is 1.31 bits per heavy atom. The topological polar surface area (TPSA) is 104 Å². The molecule has 0 radical (unpaired) electrons. The molecular formula is C16H4F17N3O5S. The van der Waals surface area contributed by atoms with E-state index in [1.807, 2.05) is 4.74 Å². The van der Waals surface area contributed by atoms with Crippen molar-refractivity contribution in [2.24, 2.45) is 0 Å². The molecule has 2 unspecified atom stereocenters. The van der Waals surface area contributed by atoms with Crippen LogP contribution in [0, 0.1) is 10.1 Å². The molecule has 8 nitrogen and oxygen atoms in total. The van der Waals surface area contributed by atoms with Crippen LogP contribution in [0.1, 0.15) is 0 Å². The number of ether oxygens (including phenoxy) is 2. The number of nitro benzene ring substituents is 1. The fourth-order valence-electron chi connectivity index (χ4n) is 2.42. The van der Waals surface area contributed by atoms with Crippen molar-refractivity contribution >= 4 is 38.3 Å². The summed E-state index contributed by atoms with van der Waals surface area (Å²) < 4.78 is 227. The summed E-state index contributed by atoms with van der Waals surface area (Å²) in [6.07, 6.45) is -39.0. The third kappa shape index (κ3) is 5.95. The lowest BCUT2D eigenvalue weighted by atomic mass is 10.2. The van der Waals surface area contributed by atoms with Crippen molar-refractivity contribution in [1.29, 1.82) is 0 Å². The van der Waals surface area contributed by atoms with Gasteiger partial charge in [-0.25, -0.2) is 4.98 Å². The number of carbonyl (C=O) groups is 1. The summed E-state index contributed by atoms with van der Waals surface area (Å²) in [7, 11) is 0. The molecule has 2 atom stereocenters. The first-order valence-corrected chi connectivity index (χ1v) is 10.2. The van der Waals surface area contributed by atoms with E-state index >= 15 is 0 Å². The number of anilines is 1. The number of carbonyl (C=O) groups excluding carboxylic acids is 1. The number of hydrogen-bond donors (Lipinski definition) is 1. The van der Waals surface area contributed by atoms with Crippen molar-refractivity contribution in [3.8, 4) is 0 Å². The van der Waals surface area contributed by atoms with Gasteiger partial charge in [0.15, 0.2) is 5.13 Å². The van der Waals surface area contributed by atoms with Crippen molar-refractivity contribution in [3.05, 3.63) is 28.3 Å². The van der Waals surface area contributed by atoms with Gasteiger partial charge in [-0.15, -0.1) is 0 Å². The number of thiazole rings is 1. The number of hydrogen-bond acceptors (Lipinski definition) is 7. The van der Waals surface area contributed by atoms with Crippen LogP contribution in [-0.2, 0) is 14.3 Å². The molecule has 0 saturated carbocycles. The van der Waals surface area contributed by atoms with Gasteiger partial charge in [0.1, 0.15) is 0 Å². The molecule has 42 heavy (non-hydrogen) atoms. The maximum atomic E-state index is 14.6. The number of alkyl halides is 17. The van der Waals surface area contributed by atoms with Crippen LogP contribution in [-0.4, -0.2) is 64.2 Å². The van der Waals surface area contributed by atoms with E-state index in [4.69, 9.17) is 0 Å². The largest absolute Gasteiger partial charge is 0.462 e. The van der Waals surface area contributed by atoms with Gasteiger partial charge in [-0.2, -0.15) is 74.6 Å². The number of fused-ring (bicyclic) bond motifs is 1. The van der Waals surface area contributed by atoms with Crippen LogP contribution in [0.5, 0.6) is 0 Å². The zero-order chi connectivity index (χ0) is 33.1. The van der Waals surface area contributed by atoms with E-state index in [0.717, 1.165) is 12.1 Å². The monoisotopic (exact) mass is 673 g/mol. The summed E-state index contributed by atoms with van der Waals surface area (Å²) in [5, 5.41) is 10.2. The number of amides is 1. The van der Waals surface area contributed by atoms with Crippen LogP contribution in [0.15, 0.2) is 18.2 Å². The molecule has 2 rings (SSSR count). The summed E-state index contributed by atoms with van der Waals surface area (Å²) >= 11 is -0.0678. The van der Waals surface area contributed by atoms with Gasteiger partial charge in [-0.3, -0.25) is 29.7 Å². The Morgan fingerprint density at radius 3 is 1.74 bits per heavy atom. The quantitative estimate of drug-likeness (QED) is 0.175. The number of benzene rings is 1. The summed E-state index contributed by atoms with van der Waals surface area (Å²) in [4.78, 5) is 24.9. The Morgan fingerprint density at radius 1 is 0.786 bits per heavy atom. The number of nitro groups is 1. The second kappa shape index (κ2) is 10.2.